The van der Waals surface area contributed by atoms with Crippen LogP contribution in [0.25, 0.3) is 22.3 Å². The third kappa shape index (κ3) is 8.96. The molecule has 49 heavy (non-hydrogen) atoms. The van der Waals surface area contributed by atoms with Crippen LogP contribution in [-0.4, -0.2) is 73.4 Å². The van der Waals surface area contributed by atoms with Crippen molar-refractivity contribution in [3.63, 3.8) is 0 Å². The van der Waals surface area contributed by atoms with Crippen molar-refractivity contribution in [1.82, 2.24) is 39.9 Å². The van der Waals surface area contributed by atoms with Crippen LogP contribution in [0.2, 0.25) is 0 Å². The summed E-state index contributed by atoms with van der Waals surface area (Å²) in [6, 6.07) is 34.9. The molecule has 0 radical (unpaired) electrons. The maximum atomic E-state index is 11.5. The fourth-order valence-electron chi connectivity index (χ4n) is 4.35. The predicted molar refractivity (Wildman–Crippen MR) is 188 cm³/mol. The van der Waals surface area contributed by atoms with E-state index in [9.17, 15) is 10.2 Å². The van der Waals surface area contributed by atoms with Crippen molar-refractivity contribution in [1.29, 1.82) is 0 Å². The van der Waals surface area contributed by atoms with Crippen molar-refractivity contribution in [3.8, 4) is 11.5 Å². The van der Waals surface area contributed by atoms with Crippen LogP contribution in [0.3, 0.4) is 0 Å². The molecule has 0 aliphatic carbocycles. The van der Waals surface area contributed by atoms with E-state index in [1.807, 2.05) is 0 Å². The third-order valence-electron chi connectivity index (χ3n) is 6.73. The van der Waals surface area contributed by atoms with Gasteiger partial charge in [-0.2, -0.15) is 0 Å². The minimum absolute atomic E-state index is 0.0730. The summed E-state index contributed by atoms with van der Waals surface area (Å²) in [7, 11) is 0. The molecule has 4 aromatic carbocycles. The summed E-state index contributed by atoms with van der Waals surface area (Å²) < 4.78 is 3.08. The number of aromatic amines is 2. The van der Waals surface area contributed by atoms with Gasteiger partial charge >= 0.3 is 89.0 Å². The van der Waals surface area contributed by atoms with Crippen LogP contribution in [0.1, 0.15) is 11.1 Å². The van der Waals surface area contributed by atoms with Crippen molar-refractivity contribution in [2.24, 2.45) is 9.98 Å². The quantitative estimate of drug-likeness (QED) is 0.191. The fourth-order valence-corrected chi connectivity index (χ4v) is 7.35. The van der Waals surface area contributed by atoms with E-state index in [2.05, 4.69) is 111 Å². The number of nitrogens with zero attached hydrogens (tertiary/aromatic N) is 8. The molecule has 0 aliphatic rings. The van der Waals surface area contributed by atoms with Gasteiger partial charge in [-0.25, -0.2) is 39.9 Å². The zero-order valence-electron chi connectivity index (χ0n) is 25.8. The number of aliphatic imine (C=N–C) groups is 2. The van der Waals surface area contributed by atoms with E-state index < -0.39 is 21.1 Å². The molecule has 12 nitrogen and oxygen atoms in total. The Bertz CT molecular complexity index is 2150. The van der Waals surface area contributed by atoms with E-state index in [0.717, 1.165) is 0 Å². The van der Waals surface area contributed by atoms with Crippen molar-refractivity contribution < 1.29 is 10.2 Å². The van der Waals surface area contributed by atoms with Crippen LogP contribution in [-0.2, 0) is 0 Å². The van der Waals surface area contributed by atoms with Crippen molar-refractivity contribution in [3.05, 3.63) is 146 Å². The number of hydrogen-bond acceptors (Lipinski definition) is 10. The summed E-state index contributed by atoms with van der Waals surface area (Å²) in [5.41, 5.74) is 3.43. The Morgan fingerprint density at radius 1 is 0.490 bits per heavy atom. The summed E-state index contributed by atoms with van der Waals surface area (Å²) in [4.78, 5) is 38.3. The first kappa shape index (κ1) is 32.7. The molecule has 13 heteroatoms. The Kier molecular flexibility index (Phi) is 11.0. The van der Waals surface area contributed by atoms with E-state index in [0.29, 0.717) is 45.1 Å². The number of benzene rings is 4. The van der Waals surface area contributed by atoms with E-state index >= 15 is 0 Å². The fraction of sp³-hybridized carbons (Fsp3) is 0. The molecule has 0 spiro atoms. The van der Waals surface area contributed by atoms with Gasteiger partial charge < -0.3 is 20.2 Å². The molecule has 0 saturated heterocycles. The molecule has 0 fully saturated rings. The Balaban J connectivity index is 0.000000130. The first-order chi connectivity index (χ1) is 24.1. The summed E-state index contributed by atoms with van der Waals surface area (Å²) in [6.45, 7) is 0. The Labute approximate surface area is 290 Å². The number of rotatable bonds is 6. The minimum atomic E-state index is -0.517. The van der Waals surface area contributed by atoms with Gasteiger partial charge in [-0.05, 0) is 11.1 Å². The molecule has 0 unspecified atom stereocenters. The van der Waals surface area contributed by atoms with Crippen LogP contribution < -0.4 is 17.4 Å². The van der Waals surface area contributed by atoms with Crippen LogP contribution in [0.5, 0.6) is 11.5 Å². The molecule has 0 bridgehead atoms. The maximum absolute atomic E-state index is 11.5. The number of para-hydroxylation sites is 2. The number of hydrogen-bond donors (Lipinski definition) is 2. The topological polar surface area (TPSA) is 180 Å². The normalized spacial score (nSPS) is 10.8. The molecule has 236 valence electrons. The monoisotopic (exact) mass is 750 g/mol. The van der Waals surface area contributed by atoms with Crippen LogP contribution >= 0.6 is 0 Å². The Morgan fingerprint density at radius 3 is 1.33 bits per heavy atom. The van der Waals surface area contributed by atoms with E-state index in [4.69, 9.17) is 0 Å². The predicted octanol–water partition coefficient (Wildman–Crippen LogP) is 3.70. The van der Waals surface area contributed by atoms with E-state index in [1.165, 1.54) is 57.0 Å². The molecule has 4 aromatic heterocycles. The first-order valence-corrected chi connectivity index (χ1v) is 17.7. The Morgan fingerprint density at radius 2 is 0.898 bits per heavy atom. The molecule has 0 saturated carbocycles. The average molecular weight is 749 g/mol. The summed E-state index contributed by atoms with van der Waals surface area (Å²) in [5, 5.41) is 23.0. The second-order valence-electron chi connectivity index (χ2n) is 10.0. The molecule has 4 heterocycles. The van der Waals surface area contributed by atoms with Gasteiger partial charge in [0.05, 0.1) is 12.7 Å². The van der Waals surface area contributed by atoms with Crippen LogP contribution in [0.15, 0.2) is 144 Å². The SMILES string of the molecule is [O-]c1ccccc1C=Nc1ncnc2nc[nH]c12.[O-]c1ccccc1C=Nc1ncnc2nc[nH]c12.c1cc[c]([Sn+2][c]2ccccc2)cc1. The van der Waals surface area contributed by atoms with Gasteiger partial charge in [-0.15, -0.1) is 11.5 Å². The van der Waals surface area contributed by atoms with Gasteiger partial charge in [0, 0.05) is 12.4 Å². The average Bonchev–Trinajstić information content (AvgIpc) is 3.84. The number of nitrogens with one attached hydrogen (secondary N) is 2. The number of imidazole rings is 2. The number of aromatic nitrogens is 8. The first-order valence-electron chi connectivity index (χ1n) is 14.9. The zero-order chi connectivity index (χ0) is 33.7. The van der Waals surface area contributed by atoms with Gasteiger partial charge in [0.1, 0.15) is 23.7 Å². The van der Waals surface area contributed by atoms with E-state index in [1.54, 1.807) is 36.4 Å². The second-order valence-corrected chi connectivity index (χ2v) is 14.1. The molecular formula is C36H26N10O2Sn. The van der Waals surface area contributed by atoms with Crippen LogP contribution in [0.4, 0.5) is 11.6 Å². The second kappa shape index (κ2) is 16.5. The van der Waals surface area contributed by atoms with E-state index in [-0.39, 0.29) is 11.5 Å². The van der Waals surface area contributed by atoms with Gasteiger partial charge in [-0.1, -0.05) is 48.5 Å². The molecular weight excluding hydrogens is 723 g/mol. The van der Waals surface area contributed by atoms with Crippen molar-refractivity contribution in [2.45, 2.75) is 0 Å². The molecule has 8 aromatic rings. The summed E-state index contributed by atoms with van der Waals surface area (Å²) in [5.74, 6) is 0.772. The van der Waals surface area contributed by atoms with Gasteiger partial charge in [-0.3, -0.25) is 0 Å². The summed E-state index contributed by atoms with van der Waals surface area (Å²) in [6.07, 6.45) is 8.81. The van der Waals surface area contributed by atoms with Crippen LogP contribution in [0, 0.1) is 0 Å². The molecule has 0 atom stereocenters. The molecule has 0 aliphatic heterocycles. The molecule has 0 amide bonds. The Hall–Kier alpha value is -6.28. The number of H-pyrrole nitrogens is 2. The van der Waals surface area contributed by atoms with Gasteiger partial charge in [0.15, 0.2) is 22.9 Å². The third-order valence-corrected chi connectivity index (χ3v) is 10.3. The number of fused-ring (bicyclic) bond motifs is 2. The van der Waals surface area contributed by atoms with Gasteiger partial charge in [0.2, 0.25) is 0 Å². The van der Waals surface area contributed by atoms with Gasteiger partial charge in [0.25, 0.3) is 0 Å². The van der Waals surface area contributed by atoms with Crippen molar-refractivity contribution >= 4 is 74.7 Å². The molecule has 2 N–H and O–H groups in total. The van der Waals surface area contributed by atoms with Crippen molar-refractivity contribution in [2.75, 3.05) is 0 Å². The summed E-state index contributed by atoms with van der Waals surface area (Å²) >= 11 is -0.517. The standard InChI is InChI=1S/2C12H9N5O.2C6H5.Sn/c2*18-9-4-2-1-3-8(9)5-13-11-10-12(15-6-14-10)17-7-16-11;2*1-2-4-6-5-3-1;/h2*1-7,18H,(H,14,15,16,17);2*1-5H;/q;;;;+2/p-2. The zero-order valence-corrected chi connectivity index (χ0v) is 28.6. The molecule has 8 rings (SSSR count).